The lowest BCUT2D eigenvalue weighted by Crippen LogP contribution is -2.43. The van der Waals surface area contributed by atoms with E-state index < -0.39 is 20.0 Å². The fourth-order valence-electron chi connectivity index (χ4n) is 10.8. The van der Waals surface area contributed by atoms with Crippen LogP contribution < -0.4 is 40.2 Å². The Morgan fingerprint density at radius 3 is 1.18 bits per heavy atom. The maximum absolute atomic E-state index is 13.0. The molecule has 4 aromatic carbocycles. The second-order valence-electron chi connectivity index (χ2n) is 20.8. The van der Waals surface area contributed by atoms with E-state index >= 15 is 0 Å². The van der Waals surface area contributed by atoms with E-state index in [0.29, 0.717) is 60.6 Å². The van der Waals surface area contributed by atoms with Crippen LogP contribution in [0.2, 0.25) is 10.0 Å². The number of hydrogen-bond acceptors (Lipinski definition) is 14. The Kier molecular flexibility index (Phi) is 25.0. The van der Waals surface area contributed by atoms with Gasteiger partial charge in [0, 0.05) is 49.3 Å². The van der Waals surface area contributed by atoms with Gasteiger partial charge >= 0.3 is 12.1 Å². The molecule has 2 aliphatic carbocycles. The number of hydrogen-bond donors (Lipinski definition) is 6. The molecule has 0 spiro atoms. The molecule has 6 N–H and O–H groups in total. The number of fused-ring (bicyclic) bond motifs is 2. The molecule has 2 saturated heterocycles. The number of nitrogens with one attached hydrogen (secondary N) is 6. The second kappa shape index (κ2) is 32.5. The van der Waals surface area contributed by atoms with Gasteiger partial charge in [-0.3, -0.25) is 9.80 Å². The molecule has 2 fully saturated rings. The summed E-state index contributed by atoms with van der Waals surface area (Å²) in [6, 6.07) is 24.6. The highest BCUT2D eigenvalue weighted by molar-refractivity contribution is 7.89. The molecule has 0 bridgehead atoms. The fraction of sp³-hybridized carbons (Fsp3) is 0.552. The fourth-order valence-corrected chi connectivity index (χ4v) is 13.2. The summed E-state index contributed by atoms with van der Waals surface area (Å²) in [6.07, 6.45) is 9.85. The van der Waals surface area contributed by atoms with Crippen molar-refractivity contribution in [3.05, 3.63) is 117 Å². The van der Waals surface area contributed by atoms with Gasteiger partial charge in [-0.05, 0) is 173 Å². The lowest BCUT2D eigenvalue weighted by atomic mass is 10.0. The number of carbonyl (C=O) groups is 2. The Morgan fingerprint density at radius 2 is 0.805 bits per heavy atom. The monoisotopic (exact) mass is 1210 g/mol. The van der Waals surface area contributed by atoms with E-state index in [1.807, 2.05) is 36.4 Å². The van der Waals surface area contributed by atoms with E-state index in [1.54, 1.807) is 48.5 Å². The average molecular weight is 1220 g/mol. The number of carbonyl (C=O) groups excluding carboxylic acids is 2. The molecule has 2 heterocycles. The largest absolute Gasteiger partial charge is 0.484 e. The number of nitrogens with zero attached hydrogens (tertiary/aromatic N) is 2. The number of halogens is 2. The number of piperidine rings is 2. The van der Waals surface area contributed by atoms with Gasteiger partial charge in [0.2, 0.25) is 20.0 Å². The third-order valence-electron chi connectivity index (χ3n) is 15.0. The van der Waals surface area contributed by atoms with E-state index in [-0.39, 0.29) is 112 Å². The number of ether oxygens (including phenoxy) is 6. The number of unbranched alkanes of at least 4 members (excludes halogenated alkanes) is 1. The minimum Gasteiger partial charge on any atom is -0.484 e. The van der Waals surface area contributed by atoms with Crippen molar-refractivity contribution in [1.29, 1.82) is 0 Å². The lowest BCUT2D eigenvalue weighted by Gasteiger charge is -2.35. The van der Waals surface area contributed by atoms with Crippen LogP contribution in [0.4, 0.5) is 9.59 Å². The van der Waals surface area contributed by atoms with Crippen molar-refractivity contribution in [1.82, 2.24) is 40.5 Å². The Balaban J connectivity index is 0.570. The highest BCUT2D eigenvalue weighted by Gasteiger charge is 2.40. The van der Waals surface area contributed by atoms with E-state index in [9.17, 15) is 26.4 Å². The predicted octanol–water partition coefficient (Wildman–Crippen LogP) is 6.76. The van der Waals surface area contributed by atoms with Gasteiger partial charge in [-0.15, -0.1) is 0 Å². The van der Waals surface area contributed by atoms with Crippen LogP contribution in [-0.4, -0.2) is 169 Å². The Hall–Kier alpha value is -4.82. The molecule has 0 aromatic heterocycles. The highest BCUT2D eigenvalue weighted by Crippen LogP contribution is 2.42. The van der Waals surface area contributed by atoms with Crippen LogP contribution in [0.5, 0.6) is 11.5 Å². The van der Waals surface area contributed by atoms with Crippen molar-refractivity contribution >= 4 is 55.3 Å². The van der Waals surface area contributed by atoms with Crippen LogP contribution in [0.1, 0.15) is 85.8 Å². The molecule has 82 heavy (non-hydrogen) atoms. The number of benzene rings is 4. The molecule has 2 aliphatic heterocycles. The van der Waals surface area contributed by atoms with Crippen molar-refractivity contribution in [2.75, 3.05) is 118 Å². The maximum Gasteiger partial charge on any atom is 0.314 e. The zero-order chi connectivity index (χ0) is 57.6. The van der Waals surface area contributed by atoms with Crippen molar-refractivity contribution < 1.29 is 54.8 Å². The van der Waals surface area contributed by atoms with Crippen LogP contribution in [-0.2, 0) is 51.8 Å². The number of urea groups is 2. The summed E-state index contributed by atoms with van der Waals surface area (Å²) < 4.78 is 92.3. The molecule has 450 valence electrons. The molecule has 20 nitrogen and oxygen atoms in total. The van der Waals surface area contributed by atoms with Crippen LogP contribution in [0.15, 0.2) is 94.7 Å². The molecule has 4 aromatic rings. The molecular weight excluding hydrogens is 1140 g/mol. The molecular formula is C58H80Cl2N8O12S2. The molecule has 0 unspecified atom stereocenters. The molecule has 8 rings (SSSR count). The molecule has 0 saturated carbocycles. The van der Waals surface area contributed by atoms with Crippen molar-refractivity contribution in [3.63, 3.8) is 0 Å². The van der Waals surface area contributed by atoms with Gasteiger partial charge in [0.15, 0.2) is 0 Å². The summed E-state index contributed by atoms with van der Waals surface area (Å²) in [7, 11) is -7.53. The number of amides is 4. The first-order valence-electron chi connectivity index (χ1n) is 28.7. The van der Waals surface area contributed by atoms with Crippen LogP contribution >= 0.6 is 23.2 Å². The van der Waals surface area contributed by atoms with E-state index in [1.165, 1.54) is 49.7 Å². The van der Waals surface area contributed by atoms with E-state index in [4.69, 9.17) is 51.6 Å². The molecule has 0 radical (unpaired) electrons. The molecule has 24 heteroatoms. The van der Waals surface area contributed by atoms with Crippen LogP contribution in [0.3, 0.4) is 0 Å². The van der Waals surface area contributed by atoms with Gasteiger partial charge in [-0.2, -0.15) is 0 Å². The summed E-state index contributed by atoms with van der Waals surface area (Å²) in [5.74, 6) is 1.20. The minimum absolute atomic E-state index is 0.0862. The van der Waals surface area contributed by atoms with Crippen molar-refractivity contribution in [2.24, 2.45) is 0 Å². The maximum atomic E-state index is 13.0. The van der Waals surface area contributed by atoms with Crippen LogP contribution in [0, 0.1) is 0 Å². The normalized spacial score (nSPS) is 19.3. The van der Waals surface area contributed by atoms with Gasteiger partial charge in [-0.25, -0.2) is 35.9 Å². The average Bonchev–Trinajstić information content (AvgIpc) is 4.14. The minimum atomic E-state index is -3.76. The van der Waals surface area contributed by atoms with Gasteiger partial charge in [0.25, 0.3) is 0 Å². The first-order valence-corrected chi connectivity index (χ1v) is 32.5. The summed E-state index contributed by atoms with van der Waals surface area (Å²) in [5, 5.41) is 12.4. The first-order chi connectivity index (χ1) is 39.8. The summed E-state index contributed by atoms with van der Waals surface area (Å²) >= 11 is 12.7. The second-order valence-corrected chi connectivity index (χ2v) is 25.2. The zero-order valence-electron chi connectivity index (χ0n) is 46.6. The van der Waals surface area contributed by atoms with E-state index in [0.717, 1.165) is 50.1 Å². The van der Waals surface area contributed by atoms with Crippen molar-refractivity contribution in [2.45, 2.75) is 98.3 Å². The zero-order valence-corrected chi connectivity index (χ0v) is 49.7. The van der Waals surface area contributed by atoms with Gasteiger partial charge in [0.05, 0.1) is 74.7 Å². The lowest BCUT2D eigenvalue weighted by molar-refractivity contribution is 0.0516. The molecule has 4 aliphatic rings. The third-order valence-corrected chi connectivity index (χ3v) is 18.4. The standard InChI is InChI=1S/C58H80Cl2N8O12S2/c59-45-9-19-51-43(39-45)41-53(67-27-5-1-6-28-67)55(51)79-47-11-15-49(16-12-47)81(71,72)65-25-33-77-37-35-75-31-23-63-57(69)61-21-3-4-22-62-58(70)64-24-32-76-36-38-78-34-26-66-82(73,74)50-17-13-48(14-18-50)80-56-52-20-10-46(60)40-44(52)42-54(56)68-29-7-2-8-30-68/h9-20,39-40,53-56,65-66H,1-8,21-38,41-42H2,(H2,61,63,69)(H2,62,64,70)/t53-,54-,55-,56-/m1/s1. The number of likely N-dealkylation sites (tertiary alicyclic amines) is 2. The SMILES string of the molecule is O=C(NCCCCNC(=O)NCCOCCOCCNS(=O)(=O)c1ccc(O[C@@H]2c3ccc(Cl)cc3C[C@H]2N2CCCCC2)cc1)NCCOCCOCCNS(=O)(=O)c1ccc(O[C@@H]2c3ccc(Cl)cc3C[C@H]2N2CCCCC2)cc1. The topological polar surface area (TPSA) is 236 Å². The number of rotatable bonds is 33. The smallest absolute Gasteiger partial charge is 0.314 e. The van der Waals surface area contributed by atoms with Gasteiger partial charge < -0.3 is 49.7 Å². The van der Waals surface area contributed by atoms with E-state index in [2.05, 4.69) is 40.5 Å². The molecule has 4 atom stereocenters. The Labute approximate surface area is 493 Å². The first kappa shape index (κ1) is 63.2. The van der Waals surface area contributed by atoms with Gasteiger partial charge in [-0.1, -0.05) is 48.2 Å². The van der Waals surface area contributed by atoms with Crippen LogP contribution in [0.25, 0.3) is 0 Å². The highest BCUT2D eigenvalue weighted by atomic mass is 35.5. The third kappa shape index (κ3) is 19.4. The summed E-state index contributed by atoms with van der Waals surface area (Å²) in [4.78, 5) is 29.6. The predicted molar refractivity (Wildman–Crippen MR) is 314 cm³/mol. The Bertz CT molecular complexity index is 2670. The van der Waals surface area contributed by atoms with Gasteiger partial charge in [0.1, 0.15) is 23.7 Å². The van der Waals surface area contributed by atoms with Crippen molar-refractivity contribution in [3.8, 4) is 11.5 Å². The molecule has 4 amide bonds. The summed E-state index contributed by atoms with van der Waals surface area (Å²) in [5.41, 5.74) is 4.63. The summed E-state index contributed by atoms with van der Waals surface area (Å²) in [6.45, 7) is 7.67. The quantitative estimate of drug-likeness (QED) is 0.0271. The Morgan fingerprint density at radius 1 is 0.451 bits per heavy atom. The number of sulfonamides is 2.